The highest BCUT2D eigenvalue weighted by Gasteiger charge is 2.75. The number of fused-ring (bicyclic) bond motifs is 5. The average Bonchev–Trinajstić information content (AvgIpc) is 2.75. The number of aliphatic hydroxyl groups is 1. The van der Waals surface area contributed by atoms with Gasteiger partial charge in [0.15, 0.2) is 11.9 Å². The van der Waals surface area contributed by atoms with E-state index in [9.17, 15) is 24.3 Å². The summed E-state index contributed by atoms with van der Waals surface area (Å²) in [5, 5.41) is 11.5. The molecule has 9 atom stereocenters. The molecule has 0 aromatic heterocycles. The Labute approximate surface area is 200 Å². The summed E-state index contributed by atoms with van der Waals surface area (Å²) >= 11 is 0. The predicted molar refractivity (Wildman–Crippen MR) is 120 cm³/mol. The van der Waals surface area contributed by atoms with Gasteiger partial charge in [0.1, 0.15) is 11.7 Å². The molecule has 8 heteroatoms. The van der Waals surface area contributed by atoms with Gasteiger partial charge in [-0.1, -0.05) is 26.0 Å². The lowest BCUT2D eigenvalue weighted by atomic mass is 9.36. The summed E-state index contributed by atoms with van der Waals surface area (Å²) in [4.78, 5) is 51.8. The van der Waals surface area contributed by atoms with E-state index < -0.39 is 69.9 Å². The maximum atomic E-state index is 13.5. The zero-order chi connectivity index (χ0) is 25.6. The van der Waals surface area contributed by atoms with Crippen LogP contribution in [0.2, 0.25) is 0 Å². The molecule has 8 nitrogen and oxygen atoms in total. The molecule has 4 rings (SSSR count). The van der Waals surface area contributed by atoms with E-state index in [4.69, 9.17) is 14.2 Å². The van der Waals surface area contributed by atoms with Gasteiger partial charge in [-0.25, -0.2) is 0 Å². The fraction of sp³-hybridized carbons (Fsp3) is 0.769. The van der Waals surface area contributed by atoms with Gasteiger partial charge in [-0.05, 0) is 46.5 Å². The van der Waals surface area contributed by atoms with Gasteiger partial charge in [-0.15, -0.1) is 0 Å². The highest BCUT2D eigenvalue weighted by Crippen LogP contribution is 2.71. The third kappa shape index (κ3) is 2.99. The van der Waals surface area contributed by atoms with Crippen LogP contribution in [0.15, 0.2) is 12.2 Å². The van der Waals surface area contributed by atoms with Crippen LogP contribution in [0.3, 0.4) is 0 Å². The van der Waals surface area contributed by atoms with Gasteiger partial charge < -0.3 is 19.3 Å². The Bertz CT molecular complexity index is 983. The number of aliphatic hydroxyl groups excluding tert-OH is 1. The van der Waals surface area contributed by atoms with Crippen molar-refractivity contribution in [2.75, 3.05) is 0 Å². The molecule has 2 saturated heterocycles. The van der Waals surface area contributed by atoms with E-state index in [1.165, 1.54) is 6.92 Å². The van der Waals surface area contributed by atoms with Gasteiger partial charge in [0.25, 0.3) is 0 Å². The Hall–Kier alpha value is -2.22. The molecule has 0 bridgehead atoms. The number of carbonyl (C=O) groups is 4. The first-order chi connectivity index (χ1) is 15.5. The standard InChI is InChI=1S/C26H36O8/c1-12-9-16-25(7)15(23(4,5)34-19(29)11-17(25)28)10-18(33-14(3)27)26(16,8)20-22(31)32-13(2)21(30)24(12,20)6/h13,15-18,20,28H,1,9-11H2,2-8H3/t13-,15-,16+,17+,18-,20-,24+,25+,26+/m1/s1. The van der Waals surface area contributed by atoms with Crippen LogP contribution < -0.4 is 0 Å². The molecule has 0 aromatic rings. The molecule has 0 radical (unpaired) electrons. The molecule has 4 fully saturated rings. The first kappa shape index (κ1) is 24.9. The van der Waals surface area contributed by atoms with Crippen molar-refractivity contribution in [1.29, 1.82) is 0 Å². The number of hydrogen-bond donors (Lipinski definition) is 1. The number of ether oxygens (including phenoxy) is 3. The number of carbonyl (C=O) groups excluding carboxylic acids is 4. The first-order valence-corrected chi connectivity index (χ1v) is 12.0. The highest BCUT2D eigenvalue weighted by molar-refractivity contribution is 6.00. The molecule has 2 aliphatic carbocycles. The molecule has 1 N–H and O–H groups in total. The maximum absolute atomic E-state index is 13.5. The second-order valence-corrected chi connectivity index (χ2v) is 11.9. The van der Waals surface area contributed by atoms with Crippen molar-refractivity contribution in [2.24, 2.45) is 34.0 Å². The van der Waals surface area contributed by atoms with Crippen molar-refractivity contribution in [1.82, 2.24) is 0 Å². The highest BCUT2D eigenvalue weighted by atomic mass is 16.6. The lowest BCUT2D eigenvalue weighted by molar-refractivity contribution is -0.255. The second kappa shape index (κ2) is 7.39. The molecule has 0 spiro atoms. The van der Waals surface area contributed by atoms with Crippen LogP contribution in [-0.4, -0.2) is 52.7 Å². The molecule has 4 aliphatic rings. The number of allylic oxidation sites excluding steroid dienone is 1. The van der Waals surface area contributed by atoms with Crippen LogP contribution in [-0.2, 0) is 33.4 Å². The number of hydrogen-bond acceptors (Lipinski definition) is 8. The fourth-order valence-corrected chi connectivity index (χ4v) is 8.15. The van der Waals surface area contributed by atoms with Crippen LogP contribution in [0.4, 0.5) is 0 Å². The van der Waals surface area contributed by atoms with Crippen molar-refractivity contribution >= 4 is 23.7 Å². The number of rotatable bonds is 1. The van der Waals surface area contributed by atoms with Crippen molar-refractivity contribution < 1.29 is 38.5 Å². The van der Waals surface area contributed by atoms with Crippen LogP contribution in [0.1, 0.15) is 67.7 Å². The van der Waals surface area contributed by atoms with Gasteiger partial charge in [0, 0.05) is 23.7 Å². The van der Waals surface area contributed by atoms with Gasteiger partial charge in [-0.3, -0.25) is 19.2 Å². The summed E-state index contributed by atoms with van der Waals surface area (Å²) in [6.07, 6.45) is -2.31. The third-order valence-corrected chi connectivity index (χ3v) is 9.79. The average molecular weight is 477 g/mol. The molecule has 0 unspecified atom stereocenters. The lowest BCUT2D eigenvalue weighted by Crippen LogP contribution is -2.72. The first-order valence-electron chi connectivity index (χ1n) is 12.0. The summed E-state index contributed by atoms with van der Waals surface area (Å²) in [5.74, 6) is -3.53. The van der Waals surface area contributed by atoms with Crippen LogP contribution in [0.25, 0.3) is 0 Å². The molecule has 0 aromatic carbocycles. The van der Waals surface area contributed by atoms with E-state index in [-0.39, 0.29) is 24.5 Å². The van der Waals surface area contributed by atoms with Gasteiger partial charge >= 0.3 is 17.9 Å². The number of cyclic esters (lactones) is 2. The van der Waals surface area contributed by atoms with Gasteiger partial charge in [-0.2, -0.15) is 0 Å². The van der Waals surface area contributed by atoms with Crippen molar-refractivity contribution in [3.05, 3.63) is 12.2 Å². The monoisotopic (exact) mass is 476 g/mol. The minimum absolute atomic E-state index is 0.184. The minimum Gasteiger partial charge on any atom is -0.462 e. The van der Waals surface area contributed by atoms with Crippen molar-refractivity contribution in [3.63, 3.8) is 0 Å². The van der Waals surface area contributed by atoms with Crippen molar-refractivity contribution in [3.8, 4) is 0 Å². The Morgan fingerprint density at radius 3 is 2.26 bits per heavy atom. The predicted octanol–water partition coefficient (Wildman–Crippen LogP) is 2.75. The van der Waals surface area contributed by atoms with E-state index in [0.29, 0.717) is 12.0 Å². The van der Waals surface area contributed by atoms with E-state index in [1.54, 1.807) is 27.7 Å². The van der Waals surface area contributed by atoms with E-state index in [0.717, 1.165) is 0 Å². The normalized spacial score (nSPS) is 47.9. The van der Waals surface area contributed by atoms with Crippen LogP contribution in [0.5, 0.6) is 0 Å². The van der Waals surface area contributed by atoms with E-state index in [2.05, 4.69) is 6.58 Å². The van der Waals surface area contributed by atoms with E-state index in [1.807, 2.05) is 13.8 Å². The van der Waals surface area contributed by atoms with Crippen LogP contribution >= 0.6 is 0 Å². The minimum atomic E-state index is -1.20. The van der Waals surface area contributed by atoms with Crippen LogP contribution in [0, 0.1) is 34.0 Å². The SMILES string of the molecule is C=C1C[C@H]2[C@]3(C)[C@H](C[C@@H](OC(C)=O)[C@@]2(C)[C@@H]2C(=O)O[C@H](C)C(=O)[C@@]12C)C(C)(C)OC(=O)C[C@@H]3O. The molecule has 2 saturated carbocycles. The lowest BCUT2D eigenvalue weighted by Gasteiger charge is -2.68. The number of ketones is 1. The summed E-state index contributed by atoms with van der Waals surface area (Å²) in [5.41, 5.74) is -3.50. The smallest absolute Gasteiger partial charge is 0.311 e. The zero-order valence-electron chi connectivity index (χ0n) is 21.1. The third-order valence-electron chi connectivity index (χ3n) is 9.79. The van der Waals surface area contributed by atoms with E-state index >= 15 is 0 Å². The largest absolute Gasteiger partial charge is 0.462 e. The molecule has 2 heterocycles. The topological polar surface area (TPSA) is 116 Å². The Morgan fingerprint density at radius 1 is 1.06 bits per heavy atom. The Balaban J connectivity index is 1.98. The summed E-state index contributed by atoms with van der Waals surface area (Å²) < 4.78 is 17.2. The fourth-order valence-electron chi connectivity index (χ4n) is 8.15. The maximum Gasteiger partial charge on any atom is 0.311 e. The molecule has 0 amide bonds. The number of Topliss-reactive ketones (excluding diaryl/α,β-unsaturated/α-hetero) is 1. The Morgan fingerprint density at radius 2 is 1.68 bits per heavy atom. The number of esters is 3. The molecule has 2 aliphatic heterocycles. The van der Waals surface area contributed by atoms with Crippen molar-refractivity contribution in [2.45, 2.75) is 91.6 Å². The quantitative estimate of drug-likeness (QED) is 0.349. The molecular formula is C26H36O8. The molecule has 34 heavy (non-hydrogen) atoms. The summed E-state index contributed by atoms with van der Waals surface area (Å²) in [6.45, 7) is 16.3. The summed E-state index contributed by atoms with van der Waals surface area (Å²) in [6, 6.07) is 0. The Kier molecular flexibility index (Phi) is 5.41. The molecule has 188 valence electrons. The van der Waals surface area contributed by atoms with Gasteiger partial charge in [0.05, 0.1) is 23.9 Å². The summed E-state index contributed by atoms with van der Waals surface area (Å²) in [7, 11) is 0. The second-order valence-electron chi connectivity index (χ2n) is 11.9. The zero-order valence-corrected chi connectivity index (χ0v) is 21.1. The van der Waals surface area contributed by atoms with Gasteiger partial charge in [0.2, 0.25) is 0 Å². The molecular weight excluding hydrogens is 440 g/mol.